The van der Waals surface area contributed by atoms with Gasteiger partial charge in [-0.25, -0.2) is 9.59 Å². The first-order valence-electron chi connectivity index (χ1n) is 4.49. The number of rotatable bonds is 2. The lowest BCUT2D eigenvalue weighted by molar-refractivity contribution is -0.347. The number of hydrogen-bond donors (Lipinski definition) is 2. The molecule has 1 saturated heterocycles. The summed E-state index contributed by atoms with van der Waals surface area (Å²) in [6.07, 6.45) is -4.45. The zero-order valence-corrected chi connectivity index (χ0v) is 7.94. The summed E-state index contributed by atoms with van der Waals surface area (Å²) < 4.78 is 56.4. The maximum atomic E-state index is 13.0. The molecule has 0 aromatic rings. The second-order valence-corrected chi connectivity index (χ2v) is 3.95. The molecule has 2 aliphatic rings. The fraction of sp³-hybridized carbons (Fsp3) is 0.750. The summed E-state index contributed by atoms with van der Waals surface area (Å²) >= 11 is 0. The molecule has 96 valence electrons. The molecular formula is C8H6F4O5. The molecule has 1 heterocycles. The van der Waals surface area contributed by atoms with Gasteiger partial charge in [0.2, 0.25) is 0 Å². The zero-order chi connectivity index (χ0) is 13.2. The molecule has 0 aromatic heterocycles. The lowest BCUT2D eigenvalue weighted by atomic mass is 9.63. The second kappa shape index (κ2) is 3.09. The fourth-order valence-electron chi connectivity index (χ4n) is 2.31. The Balaban J connectivity index is 2.39. The molecule has 0 aromatic carbocycles. The van der Waals surface area contributed by atoms with E-state index >= 15 is 0 Å². The monoisotopic (exact) mass is 258 g/mol. The molecule has 0 bridgehead atoms. The van der Waals surface area contributed by atoms with Gasteiger partial charge in [-0.05, 0) is 0 Å². The van der Waals surface area contributed by atoms with Gasteiger partial charge in [-0.2, -0.15) is 17.6 Å². The number of fused-ring (bicyclic) bond motifs is 1. The first kappa shape index (κ1) is 12.1. The van der Waals surface area contributed by atoms with Crippen LogP contribution in [0, 0.1) is 11.8 Å². The average molecular weight is 258 g/mol. The third-order valence-electron chi connectivity index (χ3n) is 3.10. The molecule has 2 rings (SSSR count). The molecule has 5 nitrogen and oxygen atoms in total. The average Bonchev–Trinajstić information content (AvgIpc) is 2.56. The Morgan fingerprint density at radius 3 is 1.41 bits per heavy atom. The Morgan fingerprint density at radius 1 is 0.882 bits per heavy atom. The lowest BCUT2D eigenvalue weighted by Crippen LogP contribution is -2.69. The molecule has 1 saturated carbocycles. The largest absolute Gasteiger partial charge is 0.479 e. The van der Waals surface area contributed by atoms with Crippen molar-refractivity contribution in [2.45, 2.75) is 24.1 Å². The predicted molar refractivity (Wildman–Crippen MR) is 40.8 cm³/mol. The van der Waals surface area contributed by atoms with Crippen LogP contribution in [0.3, 0.4) is 0 Å². The van der Waals surface area contributed by atoms with Gasteiger partial charge in [-0.1, -0.05) is 0 Å². The summed E-state index contributed by atoms with van der Waals surface area (Å²) in [6.45, 7) is 0. The van der Waals surface area contributed by atoms with Gasteiger partial charge < -0.3 is 14.9 Å². The van der Waals surface area contributed by atoms with Crippen LogP contribution in [0.5, 0.6) is 0 Å². The summed E-state index contributed by atoms with van der Waals surface area (Å²) in [5.74, 6) is -17.5. The van der Waals surface area contributed by atoms with E-state index in [9.17, 15) is 27.2 Å². The minimum absolute atomic E-state index is 1.88. The maximum absolute atomic E-state index is 13.0. The molecule has 0 spiro atoms. The highest BCUT2D eigenvalue weighted by Crippen LogP contribution is 2.65. The SMILES string of the molecule is O=C(O)[C@H]1O[C@@H](C(=O)O)C2C1C(F)(F)C2(F)F. The molecular weight excluding hydrogens is 252 g/mol. The number of carboxylic acids is 2. The fourth-order valence-corrected chi connectivity index (χ4v) is 2.31. The van der Waals surface area contributed by atoms with Gasteiger partial charge in [0.1, 0.15) is 0 Å². The number of carboxylic acid groups (broad SMARTS) is 2. The van der Waals surface area contributed by atoms with E-state index in [0.29, 0.717) is 0 Å². The topological polar surface area (TPSA) is 83.8 Å². The van der Waals surface area contributed by atoms with E-state index in [4.69, 9.17) is 10.2 Å². The Bertz CT molecular complexity index is 359. The van der Waals surface area contributed by atoms with Crippen LogP contribution < -0.4 is 0 Å². The molecule has 1 aliphatic heterocycles. The van der Waals surface area contributed by atoms with Crippen LogP contribution >= 0.6 is 0 Å². The van der Waals surface area contributed by atoms with Crippen molar-refractivity contribution in [3.8, 4) is 0 Å². The van der Waals surface area contributed by atoms with Crippen LogP contribution in [-0.2, 0) is 14.3 Å². The predicted octanol–water partition coefficient (Wildman–Crippen LogP) is 0.440. The standard InChI is InChI=1S/C8H6F4O5/c9-7(10)1-2(8(7,11)12)4(6(15)16)17-3(1)5(13)14/h1-4H,(H,13,14)(H,15,16)/t1?,2?,3-,4+. The van der Waals surface area contributed by atoms with Crippen LogP contribution in [0.1, 0.15) is 0 Å². The number of ether oxygens (including phenoxy) is 1. The highest BCUT2D eigenvalue weighted by molar-refractivity contribution is 5.79. The van der Waals surface area contributed by atoms with Crippen molar-refractivity contribution in [2.24, 2.45) is 11.8 Å². The van der Waals surface area contributed by atoms with Gasteiger partial charge >= 0.3 is 23.8 Å². The third-order valence-corrected chi connectivity index (χ3v) is 3.10. The van der Waals surface area contributed by atoms with E-state index in [0.717, 1.165) is 0 Å². The summed E-state index contributed by atoms with van der Waals surface area (Å²) in [5.41, 5.74) is 0. The van der Waals surface area contributed by atoms with E-state index in [1.807, 2.05) is 0 Å². The molecule has 1 aliphatic carbocycles. The van der Waals surface area contributed by atoms with E-state index < -0.39 is 47.8 Å². The van der Waals surface area contributed by atoms with Crippen LogP contribution in [0.4, 0.5) is 17.6 Å². The third kappa shape index (κ3) is 1.22. The number of halogens is 4. The molecule has 2 fully saturated rings. The second-order valence-electron chi connectivity index (χ2n) is 3.95. The molecule has 0 radical (unpaired) electrons. The van der Waals surface area contributed by atoms with Gasteiger partial charge in [-0.15, -0.1) is 0 Å². The number of alkyl halides is 4. The van der Waals surface area contributed by atoms with Crippen molar-refractivity contribution in [2.75, 3.05) is 0 Å². The maximum Gasteiger partial charge on any atom is 0.333 e. The molecule has 2 unspecified atom stereocenters. The summed E-state index contributed by atoms with van der Waals surface area (Å²) in [5, 5.41) is 17.1. The Hall–Kier alpha value is -1.38. The Kier molecular flexibility index (Phi) is 2.20. The van der Waals surface area contributed by atoms with Crippen LogP contribution in [-0.4, -0.2) is 46.2 Å². The number of carbonyl (C=O) groups is 2. The van der Waals surface area contributed by atoms with E-state index in [1.165, 1.54) is 0 Å². The van der Waals surface area contributed by atoms with Crippen molar-refractivity contribution in [3.63, 3.8) is 0 Å². The van der Waals surface area contributed by atoms with Gasteiger partial charge in [0, 0.05) is 0 Å². The van der Waals surface area contributed by atoms with Crippen molar-refractivity contribution < 1.29 is 42.1 Å². The van der Waals surface area contributed by atoms with Crippen molar-refractivity contribution in [1.82, 2.24) is 0 Å². The molecule has 4 atom stereocenters. The molecule has 17 heavy (non-hydrogen) atoms. The van der Waals surface area contributed by atoms with Gasteiger partial charge in [-0.3, -0.25) is 0 Å². The molecule has 0 amide bonds. The van der Waals surface area contributed by atoms with Gasteiger partial charge in [0.25, 0.3) is 0 Å². The van der Waals surface area contributed by atoms with Gasteiger partial charge in [0.05, 0.1) is 11.8 Å². The number of aliphatic carboxylic acids is 2. The quantitative estimate of drug-likeness (QED) is 0.702. The highest BCUT2D eigenvalue weighted by Gasteiger charge is 2.86. The minimum Gasteiger partial charge on any atom is -0.479 e. The van der Waals surface area contributed by atoms with Crippen LogP contribution in [0.25, 0.3) is 0 Å². The van der Waals surface area contributed by atoms with E-state index in [2.05, 4.69) is 4.74 Å². The zero-order valence-electron chi connectivity index (χ0n) is 7.94. The van der Waals surface area contributed by atoms with Gasteiger partial charge in [0.15, 0.2) is 12.2 Å². The molecule has 2 N–H and O–H groups in total. The Morgan fingerprint density at radius 2 is 1.18 bits per heavy atom. The number of hydrogen-bond acceptors (Lipinski definition) is 3. The minimum atomic E-state index is -4.56. The lowest BCUT2D eigenvalue weighted by Gasteiger charge is -2.48. The van der Waals surface area contributed by atoms with Crippen molar-refractivity contribution in [1.29, 1.82) is 0 Å². The summed E-state index contributed by atoms with van der Waals surface area (Å²) in [6, 6.07) is 0. The smallest absolute Gasteiger partial charge is 0.333 e. The van der Waals surface area contributed by atoms with E-state index in [1.54, 1.807) is 0 Å². The Labute approximate surface area is 91.0 Å². The van der Waals surface area contributed by atoms with E-state index in [-0.39, 0.29) is 0 Å². The van der Waals surface area contributed by atoms with Crippen LogP contribution in [0.15, 0.2) is 0 Å². The molecule has 9 heteroatoms. The first-order valence-corrected chi connectivity index (χ1v) is 4.49. The highest BCUT2D eigenvalue weighted by atomic mass is 19.3. The first-order chi connectivity index (χ1) is 7.62. The summed E-state index contributed by atoms with van der Waals surface area (Å²) in [7, 11) is 0. The van der Waals surface area contributed by atoms with Crippen LogP contribution in [0.2, 0.25) is 0 Å². The summed E-state index contributed by atoms with van der Waals surface area (Å²) in [4.78, 5) is 21.1. The van der Waals surface area contributed by atoms with Crippen molar-refractivity contribution >= 4 is 11.9 Å². The normalized spacial score (nSPS) is 41.4. The van der Waals surface area contributed by atoms with Crippen molar-refractivity contribution in [3.05, 3.63) is 0 Å².